The monoisotopic (exact) mass is 395 g/mol. The number of fused-ring (bicyclic) bond motifs is 3. The first-order valence-electron chi connectivity index (χ1n) is 9.90. The number of rotatable bonds is 8. The third kappa shape index (κ3) is 4.27. The molecular formula is C24H29NO4. The third-order valence-electron chi connectivity index (χ3n) is 5.09. The minimum atomic E-state index is -1.06. The van der Waals surface area contributed by atoms with E-state index in [1.54, 1.807) is 14.2 Å². The molecule has 0 aliphatic rings. The molecule has 154 valence electrons. The maximum absolute atomic E-state index is 10.8. The number of ether oxygens (including phenoxy) is 2. The number of nitrogens with zero attached hydrogens (tertiary/aromatic N) is 1. The summed E-state index contributed by atoms with van der Waals surface area (Å²) in [6.45, 7) is 6.28. The van der Waals surface area contributed by atoms with Gasteiger partial charge in [-0.25, -0.2) is 0 Å². The first-order valence-corrected chi connectivity index (χ1v) is 9.90. The Bertz CT molecular complexity index is 1050. The molecule has 29 heavy (non-hydrogen) atoms. The zero-order valence-electron chi connectivity index (χ0n) is 17.7. The number of hydrogen-bond donors (Lipinski definition) is 1. The van der Waals surface area contributed by atoms with E-state index in [4.69, 9.17) is 13.9 Å². The van der Waals surface area contributed by atoms with Crippen molar-refractivity contribution in [2.45, 2.75) is 39.6 Å². The van der Waals surface area contributed by atoms with Gasteiger partial charge in [0.25, 0.3) is 0 Å². The number of allylic oxidation sites excluding steroid dienone is 1. The molecule has 0 saturated carbocycles. The number of hydrogen-bond acceptors (Lipinski definition) is 5. The van der Waals surface area contributed by atoms with Crippen molar-refractivity contribution >= 4 is 27.5 Å². The average Bonchev–Trinajstić information content (AvgIpc) is 3.09. The van der Waals surface area contributed by atoms with Gasteiger partial charge in [-0.05, 0) is 49.4 Å². The summed E-state index contributed by atoms with van der Waals surface area (Å²) in [6.07, 6.45) is 3.34. The molecule has 5 nitrogen and oxygen atoms in total. The van der Waals surface area contributed by atoms with Gasteiger partial charge in [-0.15, -0.1) is 0 Å². The summed E-state index contributed by atoms with van der Waals surface area (Å²) in [7, 11) is 3.43. The maximum atomic E-state index is 10.8. The van der Waals surface area contributed by atoms with Gasteiger partial charge in [0.05, 0.1) is 5.56 Å². The van der Waals surface area contributed by atoms with Gasteiger partial charge >= 0.3 is 0 Å². The fourth-order valence-corrected chi connectivity index (χ4v) is 3.55. The molecule has 0 aliphatic carbocycles. The highest BCUT2D eigenvalue weighted by molar-refractivity contribution is 6.07. The van der Waals surface area contributed by atoms with Crippen LogP contribution in [0.4, 0.5) is 0 Å². The summed E-state index contributed by atoms with van der Waals surface area (Å²) >= 11 is 0. The molecule has 1 N–H and O–H groups in total. The van der Waals surface area contributed by atoms with Crippen LogP contribution in [0, 0.1) is 6.92 Å². The number of benzene rings is 2. The second kappa shape index (κ2) is 9.35. The van der Waals surface area contributed by atoms with E-state index in [1.807, 2.05) is 51.1 Å². The molecule has 0 saturated heterocycles. The molecule has 2 atom stereocenters. The Balaban J connectivity index is 2.29. The molecule has 0 aliphatic heterocycles. The Kier molecular flexibility index (Phi) is 6.85. The van der Waals surface area contributed by atoms with Crippen molar-refractivity contribution in [3.05, 3.63) is 59.4 Å². The molecule has 3 rings (SSSR count). The Morgan fingerprint density at radius 1 is 1.31 bits per heavy atom. The van der Waals surface area contributed by atoms with Crippen molar-refractivity contribution in [2.24, 2.45) is 4.99 Å². The van der Waals surface area contributed by atoms with Crippen LogP contribution in [0.3, 0.4) is 0 Å². The van der Waals surface area contributed by atoms with Crippen LogP contribution in [0.5, 0.6) is 0 Å². The summed E-state index contributed by atoms with van der Waals surface area (Å²) in [6, 6.07) is 10.2. The Morgan fingerprint density at radius 3 is 2.76 bits per heavy atom. The highest BCUT2D eigenvalue weighted by Gasteiger charge is 2.26. The molecule has 3 aromatic rings. The quantitative estimate of drug-likeness (QED) is 0.396. The van der Waals surface area contributed by atoms with E-state index in [-0.39, 0.29) is 6.10 Å². The summed E-state index contributed by atoms with van der Waals surface area (Å²) in [5.41, 5.74) is 3.22. The van der Waals surface area contributed by atoms with Crippen LogP contribution in [-0.4, -0.2) is 31.6 Å². The van der Waals surface area contributed by atoms with E-state index in [9.17, 15) is 5.11 Å². The number of aliphatic hydroxyl groups is 1. The van der Waals surface area contributed by atoms with Gasteiger partial charge in [-0.3, -0.25) is 4.99 Å². The molecule has 1 aromatic heterocycles. The van der Waals surface area contributed by atoms with Gasteiger partial charge in [0.2, 0.25) is 0 Å². The van der Waals surface area contributed by atoms with E-state index >= 15 is 0 Å². The van der Waals surface area contributed by atoms with Crippen LogP contribution in [0.15, 0.2) is 51.9 Å². The lowest BCUT2D eigenvalue weighted by molar-refractivity contribution is -0.102. The summed E-state index contributed by atoms with van der Waals surface area (Å²) < 4.78 is 17.6. The lowest BCUT2D eigenvalue weighted by Crippen LogP contribution is -2.07. The molecule has 0 spiro atoms. The Morgan fingerprint density at radius 2 is 2.07 bits per heavy atom. The topological polar surface area (TPSA) is 64.2 Å². The van der Waals surface area contributed by atoms with Crippen LogP contribution in [0.1, 0.15) is 49.5 Å². The van der Waals surface area contributed by atoms with Gasteiger partial charge in [0, 0.05) is 37.2 Å². The van der Waals surface area contributed by atoms with Crippen LogP contribution in [-0.2, 0) is 9.47 Å². The molecule has 1 heterocycles. The van der Waals surface area contributed by atoms with Crippen molar-refractivity contribution < 1.29 is 19.0 Å². The smallest absolute Gasteiger partial charge is 0.185 e. The van der Waals surface area contributed by atoms with E-state index in [1.165, 1.54) is 0 Å². The Hall–Kier alpha value is -2.47. The molecule has 0 fully saturated rings. The molecule has 0 bridgehead atoms. The zero-order chi connectivity index (χ0) is 21.0. The van der Waals surface area contributed by atoms with E-state index < -0.39 is 6.29 Å². The second-order valence-corrected chi connectivity index (χ2v) is 7.07. The van der Waals surface area contributed by atoms with E-state index in [0.29, 0.717) is 17.9 Å². The minimum absolute atomic E-state index is 0.326. The van der Waals surface area contributed by atoms with Crippen LogP contribution in [0.25, 0.3) is 21.7 Å². The van der Waals surface area contributed by atoms with Gasteiger partial charge < -0.3 is 19.0 Å². The summed E-state index contributed by atoms with van der Waals surface area (Å²) in [4.78, 5) is 4.18. The molecular weight excluding hydrogens is 366 g/mol. The largest absolute Gasteiger partial charge is 0.460 e. The maximum Gasteiger partial charge on any atom is 0.185 e. The zero-order valence-corrected chi connectivity index (χ0v) is 17.7. The number of methoxy groups -OCH3 is 1. The van der Waals surface area contributed by atoms with E-state index in [2.05, 4.69) is 17.1 Å². The standard InChI is InChI=1S/C24H29NO4/c1-6-13-28-24(26)21-16(3)29-23-18-10-8-7-9-17(18)14-19(22(21)23)20(27-5)12-11-15(2)25-4/h7-12,14,20,24,26H,6,13H2,1-5H3/b12-11+,25-15?/t20?,24-/m1/s1. The summed E-state index contributed by atoms with van der Waals surface area (Å²) in [5.74, 6) is 0.645. The van der Waals surface area contributed by atoms with Gasteiger partial charge in [0.1, 0.15) is 17.4 Å². The molecule has 0 radical (unpaired) electrons. The number of furan rings is 1. The highest BCUT2D eigenvalue weighted by atomic mass is 16.6. The van der Waals surface area contributed by atoms with Gasteiger partial charge in [-0.2, -0.15) is 0 Å². The molecule has 0 amide bonds. The first-order chi connectivity index (χ1) is 14.0. The predicted molar refractivity (Wildman–Crippen MR) is 118 cm³/mol. The lowest BCUT2D eigenvalue weighted by Gasteiger charge is -2.17. The van der Waals surface area contributed by atoms with Crippen molar-refractivity contribution in [2.75, 3.05) is 20.8 Å². The van der Waals surface area contributed by atoms with E-state index in [0.717, 1.165) is 39.4 Å². The van der Waals surface area contributed by atoms with Gasteiger partial charge in [-0.1, -0.05) is 31.2 Å². The third-order valence-corrected chi connectivity index (χ3v) is 5.09. The first kappa shape index (κ1) is 21.2. The van der Waals surface area contributed by atoms with Crippen molar-refractivity contribution in [1.82, 2.24) is 0 Å². The Labute approximate surface area is 171 Å². The van der Waals surface area contributed by atoms with Gasteiger partial charge in [0.15, 0.2) is 6.29 Å². The SMILES string of the molecule is CCCO[C@@H](O)c1c(C)oc2c1c(C(/C=C/C(C)=NC)OC)cc1ccccc12. The van der Waals surface area contributed by atoms with Crippen LogP contribution in [0.2, 0.25) is 0 Å². The van der Waals surface area contributed by atoms with Crippen molar-refractivity contribution in [1.29, 1.82) is 0 Å². The van der Waals surface area contributed by atoms with Crippen molar-refractivity contribution in [3.63, 3.8) is 0 Å². The predicted octanol–water partition coefficient (Wildman–Crippen LogP) is 5.65. The second-order valence-electron chi connectivity index (χ2n) is 7.07. The fraction of sp³-hybridized carbons (Fsp3) is 0.375. The molecule has 1 unspecified atom stereocenters. The molecule has 5 heteroatoms. The van der Waals surface area contributed by atoms with Crippen molar-refractivity contribution in [3.8, 4) is 0 Å². The molecule has 2 aromatic carbocycles. The lowest BCUT2D eigenvalue weighted by atomic mass is 9.95. The van der Waals surface area contributed by atoms with Crippen LogP contribution >= 0.6 is 0 Å². The number of aliphatic hydroxyl groups excluding tert-OH is 1. The highest BCUT2D eigenvalue weighted by Crippen LogP contribution is 2.41. The fourth-order valence-electron chi connectivity index (χ4n) is 3.55. The average molecular weight is 395 g/mol. The normalized spacial score (nSPS) is 14.9. The number of aryl methyl sites for hydroxylation is 1. The summed E-state index contributed by atoms with van der Waals surface area (Å²) in [5, 5.41) is 13.7. The van der Waals surface area contributed by atoms with Crippen LogP contribution < -0.4 is 0 Å². The minimum Gasteiger partial charge on any atom is -0.460 e. The number of aliphatic imine (C=N–C) groups is 1.